The van der Waals surface area contributed by atoms with Gasteiger partial charge in [-0.1, -0.05) is 45.9 Å². The predicted octanol–water partition coefficient (Wildman–Crippen LogP) is 2.57. The molecule has 2 rings (SSSR count). The minimum Gasteiger partial charge on any atom is -0.395 e. The van der Waals surface area contributed by atoms with Crippen LogP contribution in [0.1, 0.15) is 56.8 Å². The third-order valence-electron chi connectivity index (χ3n) is 4.50. The third-order valence-corrected chi connectivity index (χ3v) is 4.50. The van der Waals surface area contributed by atoms with Crippen LogP contribution in [0.15, 0.2) is 18.2 Å². The van der Waals surface area contributed by atoms with E-state index in [4.69, 9.17) is 5.73 Å². The van der Waals surface area contributed by atoms with Crippen LogP contribution in [0.2, 0.25) is 0 Å². The fourth-order valence-electron chi connectivity index (χ4n) is 3.12. The Morgan fingerprint density at radius 2 is 2.10 bits per heavy atom. The molecule has 0 radical (unpaired) electrons. The molecule has 0 aromatic heterocycles. The van der Waals surface area contributed by atoms with E-state index in [1.165, 1.54) is 16.7 Å². The van der Waals surface area contributed by atoms with Gasteiger partial charge in [-0.25, -0.2) is 0 Å². The van der Waals surface area contributed by atoms with Gasteiger partial charge in [-0.15, -0.1) is 0 Å². The normalized spacial score (nSPS) is 21.0. The lowest BCUT2D eigenvalue weighted by molar-refractivity contribution is 0.0894. The van der Waals surface area contributed by atoms with E-state index >= 15 is 0 Å². The number of nitrogens with two attached hydrogens (primary N) is 1. The number of aliphatic hydroxyl groups is 1. The molecule has 3 heteroatoms. The summed E-state index contributed by atoms with van der Waals surface area (Å²) in [7, 11) is 0. The van der Waals surface area contributed by atoms with E-state index in [1.54, 1.807) is 0 Å². The summed E-state index contributed by atoms with van der Waals surface area (Å²) in [5, 5.41) is 9.58. The van der Waals surface area contributed by atoms with Crippen molar-refractivity contribution >= 4 is 0 Å². The molecule has 0 spiro atoms. The van der Waals surface area contributed by atoms with Gasteiger partial charge >= 0.3 is 0 Å². The Morgan fingerprint density at radius 1 is 1.40 bits per heavy atom. The number of fused-ring (bicyclic) bond motifs is 1. The van der Waals surface area contributed by atoms with Crippen molar-refractivity contribution in [2.75, 3.05) is 13.2 Å². The molecule has 0 saturated heterocycles. The molecule has 1 aromatic rings. The largest absolute Gasteiger partial charge is 0.395 e. The first-order chi connectivity index (χ1) is 9.42. The first-order valence-corrected chi connectivity index (χ1v) is 7.62. The van der Waals surface area contributed by atoms with Gasteiger partial charge in [0.1, 0.15) is 0 Å². The Morgan fingerprint density at radius 3 is 2.60 bits per heavy atom. The first kappa shape index (κ1) is 15.5. The maximum atomic E-state index is 9.58. The summed E-state index contributed by atoms with van der Waals surface area (Å²) < 4.78 is 0. The van der Waals surface area contributed by atoms with Gasteiger partial charge in [0, 0.05) is 25.2 Å². The second kappa shape index (κ2) is 5.84. The molecule has 0 bridgehead atoms. The minimum absolute atomic E-state index is 0.155. The Bertz CT molecular complexity index is 461. The van der Waals surface area contributed by atoms with E-state index in [2.05, 4.69) is 50.8 Å². The molecular formula is C17H28N2O. The zero-order valence-electron chi connectivity index (χ0n) is 13.2. The number of hydrogen-bond acceptors (Lipinski definition) is 3. The van der Waals surface area contributed by atoms with Gasteiger partial charge < -0.3 is 10.8 Å². The molecule has 1 heterocycles. The molecule has 0 fully saturated rings. The average molecular weight is 276 g/mol. The predicted molar refractivity (Wildman–Crippen MR) is 83.6 cm³/mol. The van der Waals surface area contributed by atoms with E-state index in [0.29, 0.717) is 6.54 Å². The molecule has 2 atom stereocenters. The fourth-order valence-corrected chi connectivity index (χ4v) is 3.12. The molecule has 1 aromatic carbocycles. The average Bonchev–Trinajstić information content (AvgIpc) is 2.76. The quantitative estimate of drug-likeness (QED) is 0.888. The van der Waals surface area contributed by atoms with Gasteiger partial charge in [-0.2, -0.15) is 0 Å². The SMILES string of the molecule is CCC(CO)N1Cc2ccc(C(C)(C)C)cc2C1CN. The Balaban J connectivity index is 2.36. The number of hydrogen-bond donors (Lipinski definition) is 2. The zero-order valence-corrected chi connectivity index (χ0v) is 13.2. The molecule has 3 N–H and O–H groups in total. The summed E-state index contributed by atoms with van der Waals surface area (Å²) >= 11 is 0. The number of rotatable bonds is 4. The lowest BCUT2D eigenvalue weighted by atomic mass is 9.85. The van der Waals surface area contributed by atoms with E-state index < -0.39 is 0 Å². The Hall–Kier alpha value is -0.900. The molecule has 2 unspecified atom stereocenters. The smallest absolute Gasteiger partial charge is 0.0587 e. The molecule has 0 saturated carbocycles. The highest BCUT2D eigenvalue weighted by molar-refractivity contribution is 5.40. The third kappa shape index (κ3) is 2.76. The second-order valence-electron chi connectivity index (χ2n) is 6.83. The lowest BCUT2D eigenvalue weighted by Gasteiger charge is -2.31. The van der Waals surface area contributed by atoms with Crippen LogP contribution in [-0.4, -0.2) is 29.2 Å². The topological polar surface area (TPSA) is 49.5 Å². The maximum Gasteiger partial charge on any atom is 0.0587 e. The molecule has 0 aliphatic carbocycles. The van der Waals surface area contributed by atoms with Crippen molar-refractivity contribution in [3.63, 3.8) is 0 Å². The molecule has 20 heavy (non-hydrogen) atoms. The summed E-state index contributed by atoms with van der Waals surface area (Å²) in [5.41, 5.74) is 10.2. The highest BCUT2D eigenvalue weighted by atomic mass is 16.3. The van der Waals surface area contributed by atoms with Crippen molar-refractivity contribution in [2.24, 2.45) is 5.73 Å². The van der Waals surface area contributed by atoms with Crippen LogP contribution in [-0.2, 0) is 12.0 Å². The molecular weight excluding hydrogens is 248 g/mol. The molecule has 112 valence electrons. The maximum absolute atomic E-state index is 9.58. The molecule has 0 amide bonds. The van der Waals surface area contributed by atoms with Crippen molar-refractivity contribution in [1.29, 1.82) is 0 Å². The zero-order chi connectivity index (χ0) is 14.9. The summed E-state index contributed by atoms with van der Waals surface area (Å²) in [4.78, 5) is 2.36. The number of aliphatic hydroxyl groups excluding tert-OH is 1. The van der Waals surface area contributed by atoms with Crippen molar-refractivity contribution in [1.82, 2.24) is 4.90 Å². The van der Waals surface area contributed by atoms with Crippen LogP contribution in [0.4, 0.5) is 0 Å². The highest BCUT2D eigenvalue weighted by Crippen LogP contribution is 2.37. The molecule has 1 aliphatic heterocycles. The van der Waals surface area contributed by atoms with E-state index in [1.807, 2.05) is 0 Å². The van der Waals surface area contributed by atoms with Crippen LogP contribution < -0.4 is 5.73 Å². The molecule has 3 nitrogen and oxygen atoms in total. The van der Waals surface area contributed by atoms with Gasteiger partial charge in [0.15, 0.2) is 0 Å². The second-order valence-corrected chi connectivity index (χ2v) is 6.83. The van der Waals surface area contributed by atoms with E-state index in [9.17, 15) is 5.11 Å². The van der Waals surface area contributed by atoms with Crippen LogP contribution >= 0.6 is 0 Å². The summed E-state index contributed by atoms with van der Waals surface area (Å²) in [6.07, 6.45) is 0.952. The van der Waals surface area contributed by atoms with Crippen molar-refractivity contribution < 1.29 is 5.11 Å². The highest BCUT2D eigenvalue weighted by Gasteiger charge is 2.33. The summed E-state index contributed by atoms with van der Waals surface area (Å²) in [6, 6.07) is 7.23. The number of benzene rings is 1. The van der Waals surface area contributed by atoms with Crippen molar-refractivity contribution in [3.05, 3.63) is 34.9 Å². The molecule has 1 aliphatic rings. The Labute approximate surface area is 122 Å². The standard InChI is InChI=1S/C17H28N2O/c1-5-14(11-20)19-10-12-6-7-13(17(2,3)4)8-15(12)16(19)9-18/h6-8,14,16,20H,5,9-11,18H2,1-4H3. The van der Waals surface area contributed by atoms with Crippen LogP contribution in [0.5, 0.6) is 0 Å². The van der Waals surface area contributed by atoms with Crippen LogP contribution in [0.25, 0.3) is 0 Å². The van der Waals surface area contributed by atoms with Crippen molar-refractivity contribution in [3.8, 4) is 0 Å². The first-order valence-electron chi connectivity index (χ1n) is 7.62. The van der Waals surface area contributed by atoms with Gasteiger partial charge in [0.05, 0.1) is 6.61 Å². The van der Waals surface area contributed by atoms with Gasteiger partial charge in [0.2, 0.25) is 0 Å². The van der Waals surface area contributed by atoms with Crippen LogP contribution in [0, 0.1) is 0 Å². The van der Waals surface area contributed by atoms with E-state index in [0.717, 1.165) is 13.0 Å². The van der Waals surface area contributed by atoms with Gasteiger partial charge in [-0.3, -0.25) is 4.90 Å². The lowest BCUT2D eigenvalue weighted by Crippen LogP contribution is -2.38. The Kier molecular flexibility index (Phi) is 4.52. The van der Waals surface area contributed by atoms with E-state index in [-0.39, 0.29) is 24.1 Å². The summed E-state index contributed by atoms with van der Waals surface area (Å²) in [6.45, 7) is 10.5. The van der Waals surface area contributed by atoms with Crippen LogP contribution in [0.3, 0.4) is 0 Å². The minimum atomic E-state index is 0.155. The monoisotopic (exact) mass is 276 g/mol. The number of nitrogens with zero attached hydrogens (tertiary/aromatic N) is 1. The van der Waals surface area contributed by atoms with Gasteiger partial charge in [0.25, 0.3) is 0 Å². The fraction of sp³-hybridized carbons (Fsp3) is 0.647. The van der Waals surface area contributed by atoms with Gasteiger partial charge in [-0.05, 0) is 28.5 Å². The van der Waals surface area contributed by atoms with Crippen molar-refractivity contribution in [2.45, 2.75) is 58.2 Å². The summed E-state index contributed by atoms with van der Waals surface area (Å²) in [5.74, 6) is 0.